The first-order valence-corrected chi connectivity index (χ1v) is 9.90. The zero-order chi connectivity index (χ0) is 23.9. The van der Waals surface area contributed by atoms with Crippen LogP contribution in [0.1, 0.15) is 0 Å². The normalized spacial score (nSPS) is 25.2. The molecule has 5 unspecified atom stereocenters. The fraction of sp³-hybridized carbons (Fsp3) is 0.318. The molecule has 2 aromatic carbocycles. The number of methoxy groups -OCH3 is 1. The molecule has 6 N–H and O–H groups in total. The summed E-state index contributed by atoms with van der Waals surface area (Å²) in [5.41, 5.74) is -0.483. The molecule has 0 bridgehead atoms. The van der Waals surface area contributed by atoms with Crippen LogP contribution in [0.2, 0.25) is 0 Å². The Morgan fingerprint density at radius 1 is 1.03 bits per heavy atom. The number of aliphatic hydroxyl groups excluding tert-OH is 4. The Balaban J connectivity index is 1.76. The van der Waals surface area contributed by atoms with Crippen molar-refractivity contribution >= 4 is 11.0 Å². The second-order valence-corrected chi connectivity index (χ2v) is 7.44. The van der Waals surface area contributed by atoms with E-state index >= 15 is 0 Å². The Bertz CT molecular complexity index is 1220. The molecule has 176 valence electrons. The van der Waals surface area contributed by atoms with Crippen molar-refractivity contribution in [3.05, 3.63) is 46.6 Å². The third kappa shape index (κ3) is 3.96. The molecule has 0 spiro atoms. The van der Waals surface area contributed by atoms with Gasteiger partial charge in [-0.3, -0.25) is 4.79 Å². The van der Waals surface area contributed by atoms with Gasteiger partial charge in [0.2, 0.25) is 12.0 Å². The first kappa shape index (κ1) is 22.8. The van der Waals surface area contributed by atoms with Crippen LogP contribution in [-0.2, 0) is 4.74 Å². The number of rotatable bonds is 5. The Hall–Kier alpha value is -3.35. The number of ether oxygens (including phenoxy) is 3. The highest BCUT2D eigenvalue weighted by molar-refractivity contribution is 5.89. The minimum atomic E-state index is -1.64. The van der Waals surface area contributed by atoms with E-state index in [0.717, 1.165) is 12.1 Å². The van der Waals surface area contributed by atoms with E-state index < -0.39 is 54.2 Å². The maximum atomic E-state index is 12.7. The van der Waals surface area contributed by atoms with Crippen LogP contribution in [0.3, 0.4) is 0 Å². The van der Waals surface area contributed by atoms with Crippen molar-refractivity contribution in [1.29, 1.82) is 0 Å². The standard InChI is InChI=1S/C22H22O11/c1-30-21-11(25)7-14-16(18(21)27)10(24)6-13(31-14)9-4-2-3-5-12(9)32-22-20(29)19(28)17(26)15(8-23)33-22/h2-7,15,17,19-20,22-23,25-29H,8H2,1H3. The molecule has 5 atom stereocenters. The molecular formula is C22H22O11. The molecule has 1 aliphatic heterocycles. The molecule has 4 rings (SSSR count). The quantitative estimate of drug-likeness (QED) is 0.302. The summed E-state index contributed by atoms with van der Waals surface area (Å²) in [7, 11) is 1.23. The highest BCUT2D eigenvalue weighted by atomic mass is 16.7. The largest absolute Gasteiger partial charge is 0.504 e. The fourth-order valence-corrected chi connectivity index (χ4v) is 3.67. The van der Waals surface area contributed by atoms with E-state index in [1.165, 1.54) is 13.2 Å². The number of aromatic hydroxyl groups is 2. The predicted molar refractivity (Wildman–Crippen MR) is 112 cm³/mol. The minimum Gasteiger partial charge on any atom is -0.504 e. The summed E-state index contributed by atoms with van der Waals surface area (Å²) in [6.07, 6.45) is -7.43. The van der Waals surface area contributed by atoms with E-state index in [2.05, 4.69) is 0 Å². The number of benzene rings is 2. The second kappa shape index (κ2) is 8.89. The molecule has 11 heteroatoms. The van der Waals surface area contributed by atoms with Crippen molar-refractivity contribution < 1.29 is 49.3 Å². The van der Waals surface area contributed by atoms with Gasteiger partial charge in [-0.2, -0.15) is 0 Å². The number of hydrogen-bond donors (Lipinski definition) is 6. The third-order valence-corrected chi connectivity index (χ3v) is 5.38. The van der Waals surface area contributed by atoms with Gasteiger partial charge >= 0.3 is 0 Å². The molecule has 1 saturated heterocycles. The van der Waals surface area contributed by atoms with Gasteiger partial charge in [0, 0.05) is 12.1 Å². The van der Waals surface area contributed by atoms with E-state index in [-0.39, 0.29) is 33.8 Å². The van der Waals surface area contributed by atoms with E-state index in [1.54, 1.807) is 18.2 Å². The first-order chi connectivity index (χ1) is 15.8. The Morgan fingerprint density at radius 2 is 1.76 bits per heavy atom. The lowest BCUT2D eigenvalue weighted by molar-refractivity contribution is -0.277. The molecular weight excluding hydrogens is 440 g/mol. The molecule has 11 nitrogen and oxygen atoms in total. The van der Waals surface area contributed by atoms with Gasteiger partial charge in [-0.15, -0.1) is 0 Å². The van der Waals surface area contributed by atoms with Crippen molar-refractivity contribution in [2.45, 2.75) is 30.7 Å². The lowest BCUT2D eigenvalue weighted by Gasteiger charge is -2.39. The zero-order valence-corrected chi connectivity index (χ0v) is 17.3. The van der Waals surface area contributed by atoms with Crippen LogP contribution in [0.15, 0.2) is 45.6 Å². The Morgan fingerprint density at radius 3 is 2.45 bits per heavy atom. The summed E-state index contributed by atoms with van der Waals surface area (Å²) in [6.45, 7) is -0.623. The SMILES string of the molecule is COc1c(O)cc2oc(-c3ccccc3OC3OC(CO)C(O)C(O)C3O)cc(=O)c2c1O. The van der Waals surface area contributed by atoms with Gasteiger partial charge in [0.15, 0.2) is 16.9 Å². The summed E-state index contributed by atoms with van der Waals surface area (Å²) >= 11 is 0. The summed E-state index contributed by atoms with van der Waals surface area (Å²) in [6, 6.07) is 8.50. The molecule has 0 saturated carbocycles. The number of phenolic OH excluding ortho intramolecular Hbond substituents is 2. The van der Waals surface area contributed by atoms with Gasteiger partial charge in [0.05, 0.1) is 19.3 Å². The Labute approximate surface area is 186 Å². The van der Waals surface area contributed by atoms with Crippen LogP contribution >= 0.6 is 0 Å². The molecule has 0 aliphatic carbocycles. The maximum Gasteiger partial charge on any atom is 0.229 e. The smallest absolute Gasteiger partial charge is 0.229 e. The lowest BCUT2D eigenvalue weighted by atomic mass is 9.99. The minimum absolute atomic E-state index is 0.0108. The molecule has 3 aromatic rings. The van der Waals surface area contributed by atoms with Crippen molar-refractivity contribution in [2.75, 3.05) is 13.7 Å². The number of aliphatic hydroxyl groups is 4. The highest BCUT2D eigenvalue weighted by Crippen LogP contribution is 2.42. The topological polar surface area (TPSA) is 179 Å². The average Bonchev–Trinajstić information content (AvgIpc) is 2.79. The van der Waals surface area contributed by atoms with E-state index in [0.29, 0.717) is 0 Å². The summed E-state index contributed by atoms with van der Waals surface area (Å²) in [4.78, 5) is 12.7. The van der Waals surface area contributed by atoms with Gasteiger partial charge in [-0.25, -0.2) is 0 Å². The van der Waals surface area contributed by atoms with Crippen LogP contribution in [0, 0.1) is 0 Å². The van der Waals surface area contributed by atoms with E-state index in [4.69, 9.17) is 18.6 Å². The second-order valence-electron chi connectivity index (χ2n) is 7.44. The molecule has 2 heterocycles. The number of phenols is 2. The third-order valence-electron chi connectivity index (χ3n) is 5.38. The van der Waals surface area contributed by atoms with Gasteiger partial charge in [-0.05, 0) is 12.1 Å². The molecule has 0 amide bonds. The van der Waals surface area contributed by atoms with Crippen LogP contribution in [0.4, 0.5) is 0 Å². The highest BCUT2D eigenvalue weighted by Gasteiger charge is 2.45. The number of fused-ring (bicyclic) bond motifs is 1. The maximum absolute atomic E-state index is 12.7. The lowest BCUT2D eigenvalue weighted by Crippen LogP contribution is -2.60. The van der Waals surface area contributed by atoms with Crippen LogP contribution in [-0.4, -0.2) is 75.1 Å². The van der Waals surface area contributed by atoms with Crippen molar-refractivity contribution in [1.82, 2.24) is 0 Å². The van der Waals surface area contributed by atoms with Crippen molar-refractivity contribution in [3.8, 4) is 34.3 Å². The van der Waals surface area contributed by atoms with Gasteiger partial charge in [0.25, 0.3) is 0 Å². The van der Waals surface area contributed by atoms with Gasteiger partial charge in [0.1, 0.15) is 46.9 Å². The van der Waals surface area contributed by atoms with E-state index in [1.807, 2.05) is 0 Å². The summed E-state index contributed by atoms with van der Waals surface area (Å²) in [5, 5.41) is 59.7. The van der Waals surface area contributed by atoms with E-state index in [9.17, 15) is 35.4 Å². The molecule has 0 radical (unpaired) electrons. The van der Waals surface area contributed by atoms with Crippen LogP contribution < -0.4 is 14.9 Å². The molecule has 33 heavy (non-hydrogen) atoms. The molecule has 1 fully saturated rings. The first-order valence-electron chi connectivity index (χ1n) is 9.90. The molecule has 1 aliphatic rings. The summed E-state index contributed by atoms with van der Waals surface area (Å²) in [5.74, 6) is -1.18. The average molecular weight is 462 g/mol. The Kier molecular flexibility index (Phi) is 6.15. The van der Waals surface area contributed by atoms with Crippen molar-refractivity contribution in [2.24, 2.45) is 0 Å². The summed E-state index contributed by atoms with van der Waals surface area (Å²) < 4.78 is 21.7. The number of para-hydroxylation sites is 1. The monoisotopic (exact) mass is 462 g/mol. The predicted octanol–water partition coefficient (Wildman–Crippen LogP) is 0.0585. The van der Waals surface area contributed by atoms with Crippen LogP contribution in [0.5, 0.6) is 23.0 Å². The molecule has 1 aromatic heterocycles. The van der Waals surface area contributed by atoms with Crippen LogP contribution in [0.25, 0.3) is 22.3 Å². The van der Waals surface area contributed by atoms with Crippen molar-refractivity contribution in [3.63, 3.8) is 0 Å². The number of hydrogen-bond acceptors (Lipinski definition) is 11. The zero-order valence-electron chi connectivity index (χ0n) is 17.3. The fourth-order valence-electron chi connectivity index (χ4n) is 3.67. The van der Waals surface area contributed by atoms with Gasteiger partial charge < -0.3 is 49.3 Å². The van der Waals surface area contributed by atoms with Gasteiger partial charge in [-0.1, -0.05) is 12.1 Å².